The molecule has 2 N–H and O–H groups in total. The summed E-state index contributed by atoms with van der Waals surface area (Å²) in [7, 11) is 0. The van der Waals surface area contributed by atoms with Crippen molar-refractivity contribution in [3.8, 4) is 5.75 Å². The number of nitro benzene ring substituents is 1. The van der Waals surface area contributed by atoms with Crippen molar-refractivity contribution in [2.45, 2.75) is 0 Å². The molecule has 0 aliphatic carbocycles. The summed E-state index contributed by atoms with van der Waals surface area (Å²) in [6, 6.07) is 3.94. The molecule has 0 amide bonds. The molecule has 0 bridgehead atoms. The average Bonchev–Trinajstić information content (AvgIpc) is 2.73. The summed E-state index contributed by atoms with van der Waals surface area (Å²) in [5.74, 6) is -0.392. The number of hydrogen-bond donors (Lipinski definition) is 2. The number of phenols is 1. The van der Waals surface area contributed by atoms with E-state index in [1.54, 1.807) is 0 Å². The number of hydrogen-bond acceptors (Lipinski definition) is 6. The highest BCUT2D eigenvalue weighted by atomic mass is 32.1. The van der Waals surface area contributed by atoms with Gasteiger partial charge in [-0.05, 0) is 24.4 Å². The van der Waals surface area contributed by atoms with Crippen molar-refractivity contribution in [2.24, 2.45) is 5.10 Å². The van der Waals surface area contributed by atoms with E-state index in [4.69, 9.17) is 12.2 Å². The molecule has 0 saturated carbocycles. The molecular formula is C9H7N5O3S. The molecule has 0 spiro atoms. The number of nitrogens with zero attached hydrogens (tertiary/aromatic N) is 4. The predicted octanol–water partition coefficient (Wildman–Crippen LogP) is 1.44. The fourth-order valence-electron chi connectivity index (χ4n) is 1.22. The molecule has 0 atom stereocenters. The van der Waals surface area contributed by atoms with E-state index in [2.05, 4.69) is 15.3 Å². The van der Waals surface area contributed by atoms with Gasteiger partial charge in [-0.2, -0.15) is 14.9 Å². The van der Waals surface area contributed by atoms with Crippen LogP contribution in [0, 0.1) is 14.9 Å². The fourth-order valence-corrected chi connectivity index (χ4v) is 1.37. The monoisotopic (exact) mass is 265 g/mol. The van der Waals surface area contributed by atoms with Gasteiger partial charge >= 0.3 is 5.69 Å². The van der Waals surface area contributed by atoms with E-state index in [-0.39, 0.29) is 5.69 Å². The van der Waals surface area contributed by atoms with Crippen LogP contribution in [-0.2, 0) is 0 Å². The average molecular weight is 265 g/mol. The van der Waals surface area contributed by atoms with E-state index < -0.39 is 10.7 Å². The van der Waals surface area contributed by atoms with Crippen LogP contribution in [-0.4, -0.2) is 31.1 Å². The minimum atomic E-state index is -0.670. The maximum absolute atomic E-state index is 10.6. The Bertz CT molecular complexity index is 675. The third-order valence-corrected chi connectivity index (χ3v) is 2.34. The van der Waals surface area contributed by atoms with Crippen LogP contribution >= 0.6 is 12.2 Å². The normalized spacial score (nSPS) is 10.9. The largest absolute Gasteiger partial charge is 0.502 e. The van der Waals surface area contributed by atoms with E-state index in [9.17, 15) is 15.2 Å². The number of rotatable bonds is 3. The second kappa shape index (κ2) is 4.75. The van der Waals surface area contributed by atoms with E-state index >= 15 is 0 Å². The van der Waals surface area contributed by atoms with Crippen molar-refractivity contribution >= 4 is 24.1 Å². The van der Waals surface area contributed by atoms with Gasteiger partial charge in [0.25, 0.3) is 0 Å². The smallest absolute Gasteiger partial charge is 0.311 e. The Kier molecular flexibility index (Phi) is 3.15. The van der Waals surface area contributed by atoms with Crippen molar-refractivity contribution in [3.05, 3.63) is 45.0 Å². The molecule has 0 radical (unpaired) electrons. The highest BCUT2D eigenvalue weighted by molar-refractivity contribution is 7.71. The first-order valence-electron chi connectivity index (χ1n) is 4.72. The van der Waals surface area contributed by atoms with E-state index in [0.717, 1.165) is 0 Å². The lowest BCUT2D eigenvalue weighted by atomic mass is 10.2. The molecule has 8 nitrogen and oxygen atoms in total. The van der Waals surface area contributed by atoms with Crippen LogP contribution in [0.4, 0.5) is 5.69 Å². The summed E-state index contributed by atoms with van der Waals surface area (Å²) >= 11 is 4.87. The first-order chi connectivity index (χ1) is 8.58. The Morgan fingerprint density at radius 3 is 3.00 bits per heavy atom. The van der Waals surface area contributed by atoms with Gasteiger partial charge in [0, 0.05) is 11.6 Å². The van der Waals surface area contributed by atoms with Crippen LogP contribution < -0.4 is 0 Å². The second-order valence-electron chi connectivity index (χ2n) is 3.26. The number of aromatic nitrogens is 3. The Hall–Kier alpha value is -2.55. The number of aromatic hydroxyl groups is 1. The van der Waals surface area contributed by atoms with Gasteiger partial charge in [0.15, 0.2) is 5.75 Å². The Balaban J connectivity index is 2.33. The van der Waals surface area contributed by atoms with Crippen molar-refractivity contribution in [1.29, 1.82) is 0 Å². The Morgan fingerprint density at radius 1 is 1.61 bits per heavy atom. The minimum Gasteiger partial charge on any atom is -0.502 e. The van der Waals surface area contributed by atoms with Crippen LogP contribution in [0.15, 0.2) is 29.6 Å². The first kappa shape index (κ1) is 11.9. The lowest BCUT2D eigenvalue weighted by molar-refractivity contribution is -0.385. The lowest BCUT2D eigenvalue weighted by Crippen LogP contribution is -1.92. The first-order valence-corrected chi connectivity index (χ1v) is 5.12. The molecular weight excluding hydrogens is 258 g/mol. The molecule has 0 aliphatic heterocycles. The molecule has 1 heterocycles. The summed E-state index contributed by atoms with van der Waals surface area (Å²) in [5, 5.41) is 30.0. The molecule has 1 aromatic carbocycles. The second-order valence-corrected chi connectivity index (χ2v) is 3.64. The van der Waals surface area contributed by atoms with E-state index in [1.165, 1.54) is 35.4 Å². The maximum Gasteiger partial charge on any atom is 0.311 e. The SMILES string of the molecule is O=[N+]([O-])c1cc(/C=N\n2cn[nH]c2=S)ccc1O. The predicted molar refractivity (Wildman–Crippen MR) is 65.2 cm³/mol. The van der Waals surface area contributed by atoms with Gasteiger partial charge in [-0.3, -0.25) is 15.2 Å². The standard InChI is InChI=1S/C9H7N5O3S/c15-8-2-1-6(3-7(8)14(16)17)4-11-13-5-10-12-9(13)18/h1-5,15H,(H,12,18)/b11-4-. The zero-order valence-corrected chi connectivity index (χ0v) is 9.66. The number of nitrogens with one attached hydrogen (secondary N) is 1. The molecule has 18 heavy (non-hydrogen) atoms. The molecule has 1 aromatic heterocycles. The summed E-state index contributed by atoms with van der Waals surface area (Å²) in [4.78, 5) is 9.95. The molecule has 0 aliphatic rings. The van der Waals surface area contributed by atoms with Crippen LogP contribution in [0.25, 0.3) is 0 Å². The molecule has 2 rings (SSSR count). The summed E-state index contributed by atoms with van der Waals surface area (Å²) in [6.07, 6.45) is 2.74. The van der Waals surface area contributed by atoms with Gasteiger partial charge < -0.3 is 5.11 Å². The van der Waals surface area contributed by atoms with Gasteiger partial charge in [-0.1, -0.05) is 0 Å². The maximum atomic E-state index is 10.6. The fraction of sp³-hybridized carbons (Fsp3) is 0. The molecule has 0 saturated heterocycles. The third kappa shape index (κ3) is 2.40. The lowest BCUT2D eigenvalue weighted by Gasteiger charge is -1.97. The van der Waals surface area contributed by atoms with Crippen LogP contribution in [0.2, 0.25) is 0 Å². The topological polar surface area (TPSA) is 109 Å². The van der Waals surface area contributed by atoms with Gasteiger partial charge in [-0.25, -0.2) is 0 Å². The number of H-pyrrole nitrogens is 1. The zero-order valence-electron chi connectivity index (χ0n) is 8.85. The van der Waals surface area contributed by atoms with Gasteiger partial charge in [0.2, 0.25) is 4.77 Å². The van der Waals surface area contributed by atoms with Gasteiger partial charge in [0.05, 0.1) is 11.1 Å². The Morgan fingerprint density at radius 2 is 2.39 bits per heavy atom. The number of phenolic OH excluding ortho intramolecular Hbond substituents is 1. The quantitative estimate of drug-likeness (QED) is 0.377. The highest BCUT2D eigenvalue weighted by Crippen LogP contribution is 2.25. The van der Waals surface area contributed by atoms with Crippen molar-refractivity contribution in [3.63, 3.8) is 0 Å². The van der Waals surface area contributed by atoms with Gasteiger partial charge in [-0.15, -0.1) is 0 Å². The van der Waals surface area contributed by atoms with Gasteiger partial charge in [0.1, 0.15) is 6.33 Å². The zero-order chi connectivity index (χ0) is 13.1. The number of aromatic amines is 1. The summed E-state index contributed by atoms with van der Waals surface area (Å²) in [5.41, 5.74) is 0.0809. The van der Waals surface area contributed by atoms with Crippen LogP contribution in [0.3, 0.4) is 0 Å². The van der Waals surface area contributed by atoms with Crippen LogP contribution in [0.1, 0.15) is 5.56 Å². The highest BCUT2D eigenvalue weighted by Gasteiger charge is 2.12. The minimum absolute atomic E-state index is 0.305. The van der Waals surface area contributed by atoms with Crippen molar-refractivity contribution in [2.75, 3.05) is 0 Å². The van der Waals surface area contributed by atoms with Crippen LogP contribution in [0.5, 0.6) is 5.75 Å². The number of nitro groups is 1. The molecule has 9 heteroatoms. The van der Waals surface area contributed by atoms with E-state index in [1.807, 2.05) is 0 Å². The summed E-state index contributed by atoms with van der Waals surface area (Å²) in [6.45, 7) is 0. The molecule has 92 valence electrons. The van der Waals surface area contributed by atoms with E-state index in [0.29, 0.717) is 10.3 Å². The van der Waals surface area contributed by atoms with Crippen molar-refractivity contribution < 1.29 is 10.0 Å². The Labute approximate surface area is 105 Å². The summed E-state index contributed by atoms with van der Waals surface area (Å²) < 4.78 is 1.60. The molecule has 2 aromatic rings. The molecule has 0 fully saturated rings. The van der Waals surface area contributed by atoms with Crippen molar-refractivity contribution in [1.82, 2.24) is 14.9 Å². The number of benzene rings is 1. The third-order valence-electron chi connectivity index (χ3n) is 2.06. The molecule has 0 unspecified atom stereocenters.